The van der Waals surface area contributed by atoms with Gasteiger partial charge in [-0.15, -0.1) is 13.2 Å². The number of fused-ring (bicyclic) bond motifs is 1. The van der Waals surface area contributed by atoms with Gasteiger partial charge in [-0.05, 0) is 35.9 Å². The molecule has 0 unspecified atom stereocenters. The lowest BCUT2D eigenvalue weighted by molar-refractivity contribution is -0.274. The van der Waals surface area contributed by atoms with Gasteiger partial charge in [0, 0.05) is 0 Å². The predicted octanol–water partition coefficient (Wildman–Crippen LogP) is 3.61. The van der Waals surface area contributed by atoms with Gasteiger partial charge in [0.05, 0.1) is 5.56 Å². The lowest BCUT2D eigenvalue weighted by atomic mass is 10.1. The summed E-state index contributed by atoms with van der Waals surface area (Å²) in [4.78, 5) is 12.2. The number of allylic oxidation sites excluding steroid dienone is 1. The second-order valence-corrected chi connectivity index (χ2v) is 4.87. The van der Waals surface area contributed by atoms with E-state index in [9.17, 15) is 28.2 Å². The molecule has 0 saturated carbocycles. The van der Waals surface area contributed by atoms with E-state index in [0.717, 1.165) is 18.2 Å². The number of Topliss-reactive ketones (excluding diaryl/α,β-unsaturated/α-hetero) is 1. The molecular weight excluding hydrogens is 329 g/mol. The third-order valence-corrected chi connectivity index (χ3v) is 3.18. The van der Waals surface area contributed by atoms with Crippen molar-refractivity contribution in [3.63, 3.8) is 0 Å². The topological polar surface area (TPSA) is 76.0 Å². The van der Waals surface area contributed by atoms with Gasteiger partial charge in [0.15, 0.2) is 17.3 Å². The van der Waals surface area contributed by atoms with Crippen LogP contribution in [0.4, 0.5) is 13.2 Å². The number of hydrogen-bond acceptors (Lipinski definition) is 5. The Morgan fingerprint density at radius 2 is 1.88 bits per heavy atom. The molecule has 1 aliphatic heterocycles. The highest BCUT2D eigenvalue weighted by atomic mass is 19.4. The Bertz CT molecular complexity index is 855. The first-order chi connectivity index (χ1) is 11.2. The van der Waals surface area contributed by atoms with Crippen LogP contribution < -0.4 is 9.47 Å². The fraction of sp³-hybridized carbons (Fsp3) is 0.0625. The molecule has 0 radical (unpaired) electrons. The summed E-state index contributed by atoms with van der Waals surface area (Å²) in [6.45, 7) is 0. The number of ether oxygens (including phenoxy) is 2. The van der Waals surface area contributed by atoms with Crippen LogP contribution in [0.2, 0.25) is 0 Å². The van der Waals surface area contributed by atoms with E-state index < -0.39 is 29.4 Å². The number of aromatic hydroxyl groups is 2. The Morgan fingerprint density at radius 3 is 2.58 bits per heavy atom. The molecular formula is C16H9F3O5. The monoisotopic (exact) mass is 338 g/mol. The van der Waals surface area contributed by atoms with E-state index in [1.165, 1.54) is 24.3 Å². The van der Waals surface area contributed by atoms with Gasteiger partial charge in [-0.25, -0.2) is 0 Å². The van der Waals surface area contributed by atoms with Gasteiger partial charge < -0.3 is 19.7 Å². The molecule has 0 aromatic heterocycles. The van der Waals surface area contributed by atoms with Crippen molar-refractivity contribution in [3.8, 4) is 23.0 Å². The van der Waals surface area contributed by atoms with Crippen LogP contribution >= 0.6 is 0 Å². The summed E-state index contributed by atoms with van der Waals surface area (Å²) in [6, 6.07) is 7.38. The summed E-state index contributed by atoms with van der Waals surface area (Å²) >= 11 is 0. The van der Waals surface area contributed by atoms with Crippen molar-refractivity contribution in [1.29, 1.82) is 0 Å². The number of benzene rings is 2. The number of alkyl halides is 3. The summed E-state index contributed by atoms with van der Waals surface area (Å²) in [7, 11) is 0. The number of carbonyl (C=O) groups is 1. The van der Waals surface area contributed by atoms with E-state index in [1.807, 2.05) is 0 Å². The largest absolute Gasteiger partial charge is 0.573 e. The Hall–Kier alpha value is -3.16. The van der Waals surface area contributed by atoms with E-state index >= 15 is 0 Å². The van der Waals surface area contributed by atoms with Crippen LogP contribution in [0.15, 0.2) is 42.2 Å². The third kappa shape index (κ3) is 2.98. The molecule has 1 aliphatic rings. The summed E-state index contributed by atoms with van der Waals surface area (Å²) in [5.74, 6) is -2.45. The Morgan fingerprint density at radius 1 is 1.12 bits per heavy atom. The normalized spacial score (nSPS) is 15.3. The fourth-order valence-corrected chi connectivity index (χ4v) is 2.18. The van der Waals surface area contributed by atoms with Crippen LogP contribution in [0.3, 0.4) is 0 Å². The molecule has 0 spiro atoms. The zero-order chi connectivity index (χ0) is 17.5. The second kappa shape index (κ2) is 5.48. The molecule has 0 atom stereocenters. The molecule has 2 aromatic rings. The van der Waals surface area contributed by atoms with Gasteiger partial charge in [-0.1, -0.05) is 12.1 Å². The minimum atomic E-state index is -4.83. The van der Waals surface area contributed by atoms with Gasteiger partial charge >= 0.3 is 6.36 Å². The first kappa shape index (κ1) is 15.7. The van der Waals surface area contributed by atoms with Crippen molar-refractivity contribution < 1.29 is 37.7 Å². The number of halogens is 3. The summed E-state index contributed by atoms with van der Waals surface area (Å²) in [5, 5.41) is 19.1. The maximum absolute atomic E-state index is 12.2. The highest BCUT2D eigenvalue weighted by Crippen LogP contribution is 2.44. The first-order valence-corrected chi connectivity index (χ1v) is 6.59. The van der Waals surface area contributed by atoms with E-state index in [4.69, 9.17) is 4.74 Å². The molecule has 2 aromatic carbocycles. The number of phenolic OH excluding ortho intramolecular Hbond substituents is 2. The highest BCUT2D eigenvalue weighted by molar-refractivity contribution is 6.15. The third-order valence-electron chi connectivity index (χ3n) is 3.18. The maximum Gasteiger partial charge on any atom is 0.573 e. The summed E-state index contributed by atoms with van der Waals surface area (Å²) in [6.07, 6.45) is -3.62. The first-order valence-electron chi connectivity index (χ1n) is 6.59. The van der Waals surface area contributed by atoms with E-state index in [1.54, 1.807) is 0 Å². The van der Waals surface area contributed by atoms with Crippen LogP contribution in [0, 0.1) is 0 Å². The molecule has 2 N–H and O–H groups in total. The minimum absolute atomic E-state index is 0.0410. The molecule has 5 nitrogen and oxygen atoms in total. The van der Waals surface area contributed by atoms with E-state index in [2.05, 4.69) is 4.74 Å². The molecule has 0 fully saturated rings. The second-order valence-electron chi connectivity index (χ2n) is 4.87. The Kier molecular flexibility index (Phi) is 3.59. The van der Waals surface area contributed by atoms with Gasteiger partial charge in [0.25, 0.3) is 0 Å². The number of ketones is 1. The van der Waals surface area contributed by atoms with Crippen LogP contribution in [0.5, 0.6) is 23.0 Å². The average molecular weight is 338 g/mol. The molecule has 0 saturated heterocycles. The minimum Gasteiger partial charge on any atom is -0.504 e. The number of rotatable bonds is 2. The Labute approximate surface area is 133 Å². The van der Waals surface area contributed by atoms with Crippen molar-refractivity contribution in [1.82, 2.24) is 0 Å². The lowest BCUT2D eigenvalue weighted by Crippen LogP contribution is -2.17. The van der Waals surface area contributed by atoms with Gasteiger partial charge in [0.1, 0.15) is 5.75 Å². The number of hydrogen-bond donors (Lipinski definition) is 2. The summed E-state index contributed by atoms with van der Waals surface area (Å²) < 4.78 is 45.7. The van der Waals surface area contributed by atoms with Crippen LogP contribution in [0.25, 0.3) is 6.08 Å². The standard InChI is InChI=1S/C16H9F3O5/c17-16(18,19)24-9-3-1-2-8(6-9)7-12-13(21)10-4-5-11(20)14(22)15(10)23-12/h1-7,20,22H/b12-7+. The van der Waals surface area contributed by atoms with Crippen LogP contribution in [-0.4, -0.2) is 22.4 Å². The average Bonchev–Trinajstić information content (AvgIpc) is 2.79. The molecule has 124 valence electrons. The molecule has 3 rings (SSSR count). The van der Waals surface area contributed by atoms with Gasteiger partial charge in [-0.2, -0.15) is 0 Å². The van der Waals surface area contributed by atoms with Gasteiger partial charge in [0.2, 0.25) is 11.5 Å². The molecule has 24 heavy (non-hydrogen) atoms. The van der Waals surface area contributed by atoms with Crippen LogP contribution in [-0.2, 0) is 0 Å². The lowest BCUT2D eigenvalue weighted by Gasteiger charge is -2.09. The van der Waals surface area contributed by atoms with Crippen molar-refractivity contribution >= 4 is 11.9 Å². The predicted molar refractivity (Wildman–Crippen MR) is 75.8 cm³/mol. The molecule has 0 bridgehead atoms. The maximum atomic E-state index is 12.2. The number of carbonyl (C=O) groups excluding carboxylic acids is 1. The Balaban J connectivity index is 1.92. The number of phenols is 2. The van der Waals surface area contributed by atoms with E-state index in [0.29, 0.717) is 0 Å². The molecule has 0 aliphatic carbocycles. The van der Waals surface area contributed by atoms with Crippen LogP contribution in [0.1, 0.15) is 15.9 Å². The quantitative estimate of drug-likeness (QED) is 0.646. The fourth-order valence-electron chi connectivity index (χ4n) is 2.18. The van der Waals surface area contributed by atoms with Crippen molar-refractivity contribution in [2.75, 3.05) is 0 Å². The van der Waals surface area contributed by atoms with Gasteiger partial charge in [-0.3, -0.25) is 4.79 Å². The van der Waals surface area contributed by atoms with Crippen molar-refractivity contribution in [3.05, 3.63) is 53.3 Å². The molecule has 1 heterocycles. The van der Waals surface area contributed by atoms with Crippen molar-refractivity contribution in [2.24, 2.45) is 0 Å². The summed E-state index contributed by atoms with van der Waals surface area (Å²) in [5.41, 5.74) is 0.274. The zero-order valence-corrected chi connectivity index (χ0v) is 11.8. The zero-order valence-electron chi connectivity index (χ0n) is 11.8. The smallest absolute Gasteiger partial charge is 0.504 e. The van der Waals surface area contributed by atoms with Crippen molar-refractivity contribution in [2.45, 2.75) is 6.36 Å². The SMILES string of the molecule is O=C1/C(=C\c2cccc(OC(F)(F)F)c2)Oc2c1ccc(O)c2O. The van der Waals surface area contributed by atoms with E-state index in [-0.39, 0.29) is 22.6 Å². The molecule has 8 heteroatoms. The molecule has 0 amide bonds. The highest BCUT2D eigenvalue weighted by Gasteiger charge is 2.32.